The van der Waals surface area contributed by atoms with Gasteiger partial charge in [0, 0.05) is 43.0 Å². The van der Waals surface area contributed by atoms with Crippen LogP contribution in [0.3, 0.4) is 0 Å². The molecule has 1 N–H and O–H groups in total. The van der Waals surface area contributed by atoms with E-state index in [-0.39, 0.29) is 5.56 Å². The highest BCUT2D eigenvalue weighted by Crippen LogP contribution is 2.13. The van der Waals surface area contributed by atoms with Gasteiger partial charge < -0.3 is 9.67 Å². The first-order chi connectivity index (χ1) is 8.09. The smallest absolute Gasteiger partial charge is 0.341 e. The van der Waals surface area contributed by atoms with Crippen LogP contribution >= 0.6 is 0 Å². The molecule has 0 saturated carbocycles. The lowest BCUT2D eigenvalue weighted by Crippen LogP contribution is -2.18. The molecule has 0 amide bonds. The molecule has 0 aromatic carbocycles. The topological polar surface area (TPSA) is 72.2 Å². The highest BCUT2D eigenvalue weighted by atomic mass is 16.4. The summed E-state index contributed by atoms with van der Waals surface area (Å²) in [4.78, 5) is 26.8. The molecular formula is C12H10N2O3. The second-order valence-corrected chi connectivity index (χ2v) is 3.63. The Labute approximate surface area is 97.0 Å². The minimum absolute atomic E-state index is 0.242. The summed E-state index contributed by atoms with van der Waals surface area (Å²) in [6.45, 7) is 0. The number of carboxylic acids is 1. The zero-order valence-electron chi connectivity index (χ0n) is 9.12. The number of aromatic nitrogens is 2. The van der Waals surface area contributed by atoms with Crippen molar-refractivity contribution in [3.05, 3.63) is 52.7 Å². The van der Waals surface area contributed by atoms with Gasteiger partial charge in [-0.2, -0.15) is 0 Å². The van der Waals surface area contributed by atoms with E-state index in [1.807, 2.05) is 0 Å². The summed E-state index contributed by atoms with van der Waals surface area (Å²) in [5, 5.41) is 8.93. The number of hydrogen-bond donors (Lipinski definition) is 1. The lowest BCUT2D eigenvalue weighted by Gasteiger charge is -2.05. The number of hydrogen-bond acceptors (Lipinski definition) is 3. The third-order valence-corrected chi connectivity index (χ3v) is 2.36. The monoisotopic (exact) mass is 230 g/mol. The Balaban J connectivity index is 2.72. The summed E-state index contributed by atoms with van der Waals surface area (Å²) in [5.74, 6) is -1.23. The Morgan fingerprint density at radius 2 is 2.18 bits per heavy atom. The molecule has 2 aromatic heterocycles. The number of aromatic carboxylic acids is 1. The molecule has 0 bridgehead atoms. The van der Waals surface area contributed by atoms with Gasteiger partial charge in [0.2, 0.25) is 5.43 Å². The van der Waals surface area contributed by atoms with Gasteiger partial charge in [-0.25, -0.2) is 4.79 Å². The molecule has 0 aliphatic heterocycles. The molecule has 0 aliphatic rings. The number of aryl methyl sites for hydroxylation is 1. The molecule has 5 nitrogen and oxygen atoms in total. The van der Waals surface area contributed by atoms with Crippen LogP contribution in [-0.4, -0.2) is 20.6 Å². The molecule has 0 spiro atoms. The van der Waals surface area contributed by atoms with Crippen LogP contribution in [0.4, 0.5) is 0 Å². The van der Waals surface area contributed by atoms with Crippen LogP contribution < -0.4 is 5.43 Å². The van der Waals surface area contributed by atoms with Crippen LogP contribution in [0.15, 0.2) is 41.7 Å². The van der Waals surface area contributed by atoms with Gasteiger partial charge in [0.15, 0.2) is 0 Å². The van der Waals surface area contributed by atoms with Gasteiger partial charge in [0.1, 0.15) is 5.56 Å². The zero-order chi connectivity index (χ0) is 12.4. The van der Waals surface area contributed by atoms with Crippen molar-refractivity contribution in [1.29, 1.82) is 0 Å². The Morgan fingerprint density at radius 1 is 1.41 bits per heavy atom. The standard InChI is InChI=1S/C12H10N2O3/c1-14-6-9(8-3-2-4-13-5-8)11(15)10(7-14)12(16)17/h2-7H,1H3,(H,16,17). The van der Waals surface area contributed by atoms with E-state index in [2.05, 4.69) is 4.98 Å². The molecule has 5 heteroatoms. The average molecular weight is 230 g/mol. The van der Waals surface area contributed by atoms with Crippen molar-refractivity contribution in [2.45, 2.75) is 0 Å². The number of rotatable bonds is 2. The van der Waals surface area contributed by atoms with Gasteiger partial charge in [-0.1, -0.05) is 6.07 Å². The van der Waals surface area contributed by atoms with Crippen LogP contribution in [0.25, 0.3) is 11.1 Å². The van der Waals surface area contributed by atoms with Crippen molar-refractivity contribution in [3.8, 4) is 11.1 Å². The summed E-state index contributed by atoms with van der Waals surface area (Å²) < 4.78 is 1.55. The molecule has 2 rings (SSSR count). The Morgan fingerprint density at radius 3 is 2.76 bits per heavy atom. The summed E-state index contributed by atoms with van der Waals surface area (Å²) in [6, 6.07) is 3.41. The van der Waals surface area contributed by atoms with Gasteiger partial charge in [-0.3, -0.25) is 9.78 Å². The highest BCUT2D eigenvalue weighted by Gasteiger charge is 2.13. The van der Waals surface area contributed by atoms with Gasteiger partial charge in [-0.15, -0.1) is 0 Å². The summed E-state index contributed by atoms with van der Waals surface area (Å²) >= 11 is 0. The Hall–Kier alpha value is -2.43. The van der Waals surface area contributed by atoms with E-state index >= 15 is 0 Å². The van der Waals surface area contributed by atoms with E-state index in [1.165, 1.54) is 12.4 Å². The molecule has 17 heavy (non-hydrogen) atoms. The normalized spacial score (nSPS) is 10.2. The predicted octanol–water partition coefficient (Wildman–Crippen LogP) is 1.15. The Bertz CT molecular complexity index is 617. The summed E-state index contributed by atoms with van der Waals surface area (Å²) in [7, 11) is 1.67. The molecule has 2 aromatic rings. The van der Waals surface area contributed by atoms with Gasteiger partial charge in [0.05, 0.1) is 0 Å². The second-order valence-electron chi connectivity index (χ2n) is 3.63. The van der Waals surface area contributed by atoms with E-state index in [0.717, 1.165) is 0 Å². The molecule has 0 atom stereocenters. The van der Waals surface area contributed by atoms with Crippen LogP contribution in [0, 0.1) is 0 Å². The summed E-state index contributed by atoms with van der Waals surface area (Å²) in [6.07, 6.45) is 6.01. The third kappa shape index (κ3) is 2.08. The van der Waals surface area contributed by atoms with E-state index in [1.54, 1.807) is 36.1 Å². The van der Waals surface area contributed by atoms with Crippen LogP contribution in [0.2, 0.25) is 0 Å². The molecule has 0 unspecified atom stereocenters. The van der Waals surface area contributed by atoms with E-state index < -0.39 is 11.4 Å². The summed E-state index contributed by atoms with van der Waals surface area (Å²) in [5.41, 5.74) is 0.203. The number of nitrogens with zero attached hydrogens (tertiary/aromatic N) is 2. The van der Waals surface area contributed by atoms with Crippen LogP contribution in [-0.2, 0) is 7.05 Å². The van der Waals surface area contributed by atoms with Crippen molar-refractivity contribution in [2.24, 2.45) is 7.05 Å². The van der Waals surface area contributed by atoms with Crippen LogP contribution in [0.5, 0.6) is 0 Å². The quantitative estimate of drug-likeness (QED) is 0.839. The number of carboxylic acid groups (broad SMARTS) is 1. The first-order valence-corrected chi connectivity index (χ1v) is 4.93. The highest BCUT2D eigenvalue weighted by molar-refractivity contribution is 5.88. The fourth-order valence-corrected chi connectivity index (χ4v) is 1.59. The van der Waals surface area contributed by atoms with Gasteiger partial charge >= 0.3 is 5.97 Å². The van der Waals surface area contributed by atoms with E-state index in [4.69, 9.17) is 5.11 Å². The van der Waals surface area contributed by atoms with Crippen molar-refractivity contribution in [3.63, 3.8) is 0 Å². The molecule has 0 saturated heterocycles. The van der Waals surface area contributed by atoms with Crippen molar-refractivity contribution in [1.82, 2.24) is 9.55 Å². The maximum Gasteiger partial charge on any atom is 0.341 e. The molecule has 2 heterocycles. The Kier molecular flexibility index (Phi) is 2.74. The largest absolute Gasteiger partial charge is 0.477 e. The predicted molar refractivity (Wildman–Crippen MR) is 61.9 cm³/mol. The number of pyridine rings is 2. The maximum absolute atomic E-state index is 11.9. The van der Waals surface area contributed by atoms with E-state index in [9.17, 15) is 9.59 Å². The fraction of sp³-hybridized carbons (Fsp3) is 0.0833. The molecular weight excluding hydrogens is 220 g/mol. The first kappa shape index (κ1) is 11.1. The minimum atomic E-state index is -1.23. The second kappa shape index (κ2) is 4.21. The molecule has 0 radical (unpaired) electrons. The maximum atomic E-state index is 11.9. The van der Waals surface area contributed by atoms with E-state index in [0.29, 0.717) is 11.1 Å². The zero-order valence-corrected chi connectivity index (χ0v) is 9.12. The van der Waals surface area contributed by atoms with Crippen molar-refractivity contribution >= 4 is 5.97 Å². The van der Waals surface area contributed by atoms with Gasteiger partial charge in [-0.05, 0) is 6.07 Å². The number of carbonyl (C=O) groups is 1. The average Bonchev–Trinajstić information content (AvgIpc) is 2.32. The van der Waals surface area contributed by atoms with Crippen molar-refractivity contribution < 1.29 is 9.90 Å². The molecule has 86 valence electrons. The van der Waals surface area contributed by atoms with Crippen molar-refractivity contribution in [2.75, 3.05) is 0 Å². The lowest BCUT2D eigenvalue weighted by atomic mass is 10.1. The van der Waals surface area contributed by atoms with Gasteiger partial charge in [0.25, 0.3) is 0 Å². The SMILES string of the molecule is Cn1cc(C(=O)O)c(=O)c(-c2cccnc2)c1. The molecule has 0 fully saturated rings. The first-order valence-electron chi connectivity index (χ1n) is 4.93. The lowest BCUT2D eigenvalue weighted by molar-refractivity contribution is 0.0694. The minimum Gasteiger partial charge on any atom is -0.477 e. The third-order valence-electron chi connectivity index (χ3n) is 2.36. The van der Waals surface area contributed by atoms with Crippen LogP contribution in [0.1, 0.15) is 10.4 Å². The fourth-order valence-electron chi connectivity index (χ4n) is 1.59. The molecule has 0 aliphatic carbocycles.